The molecule has 0 aliphatic carbocycles. The number of nitrogens with zero attached hydrogens (tertiary/aromatic N) is 4. The molecule has 3 aromatic rings. The molecule has 35 heavy (non-hydrogen) atoms. The van der Waals surface area contributed by atoms with Crippen molar-refractivity contribution >= 4 is 11.4 Å². The van der Waals surface area contributed by atoms with Gasteiger partial charge in [-0.1, -0.05) is 49.0 Å². The Morgan fingerprint density at radius 1 is 0.971 bits per heavy atom. The zero-order chi connectivity index (χ0) is 24.6. The third-order valence-electron chi connectivity index (χ3n) is 6.11. The molecular weight excluding hydrogens is 434 g/mol. The first-order chi connectivity index (χ1) is 17.0. The van der Waals surface area contributed by atoms with Gasteiger partial charge in [-0.3, -0.25) is 14.9 Å². The van der Waals surface area contributed by atoms with Gasteiger partial charge in [0.15, 0.2) is 0 Å². The number of benzene rings is 2. The van der Waals surface area contributed by atoms with Crippen LogP contribution in [0, 0.1) is 0 Å². The highest BCUT2D eigenvalue weighted by molar-refractivity contribution is 5.95. The fourth-order valence-corrected chi connectivity index (χ4v) is 4.09. The van der Waals surface area contributed by atoms with Gasteiger partial charge in [0.2, 0.25) is 0 Å². The highest BCUT2D eigenvalue weighted by Crippen LogP contribution is 2.22. The first kappa shape index (κ1) is 24.5. The Balaban J connectivity index is 1.34. The lowest BCUT2D eigenvalue weighted by Crippen LogP contribution is -2.44. The number of rotatable bonds is 8. The van der Waals surface area contributed by atoms with E-state index in [9.17, 15) is 5.21 Å². The van der Waals surface area contributed by atoms with Gasteiger partial charge in [-0.2, -0.15) is 5.06 Å². The summed E-state index contributed by atoms with van der Waals surface area (Å²) in [5.41, 5.74) is 14.0. The van der Waals surface area contributed by atoms with E-state index < -0.39 is 0 Å². The van der Waals surface area contributed by atoms with Crippen LogP contribution in [-0.4, -0.2) is 52.0 Å². The normalized spacial score (nSPS) is 15.8. The number of allylic oxidation sites excluding steroid dienone is 2. The second-order valence-corrected chi connectivity index (χ2v) is 8.91. The van der Waals surface area contributed by atoms with E-state index in [0.717, 1.165) is 54.3 Å². The third-order valence-corrected chi connectivity index (χ3v) is 6.11. The molecule has 2 heterocycles. The standard InChI is InChI=1S/C29H33N5O/c1-3-27(30)18-22(2)32-28-11-6-24(7-12-28)19-23-4-8-25(9-5-23)26-10-13-29(31-20-26)21-33-14-16-34(35)17-15-33/h3-13,18,20,35H,1,14-17,19,21,30H2,2H3. The van der Waals surface area contributed by atoms with E-state index in [0.29, 0.717) is 18.8 Å². The van der Waals surface area contributed by atoms with Crippen LogP contribution in [-0.2, 0) is 13.0 Å². The first-order valence-corrected chi connectivity index (χ1v) is 11.9. The Morgan fingerprint density at radius 3 is 2.20 bits per heavy atom. The number of nitrogens with two attached hydrogens (primary N) is 1. The lowest BCUT2D eigenvalue weighted by Gasteiger charge is -2.30. The Kier molecular flexibility index (Phi) is 8.21. The zero-order valence-corrected chi connectivity index (χ0v) is 20.3. The second kappa shape index (κ2) is 11.7. The van der Waals surface area contributed by atoms with E-state index in [4.69, 9.17) is 5.73 Å². The maximum atomic E-state index is 9.51. The predicted octanol–water partition coefficient (Wildman–Crippen LogP) is 4.97. The monoisotopic (exact) mass is 467 g/mol. The number of aromatic nitrogens is 1. The van der Waals surface area contributed by atoms with Crippen LogP contribution in [0.15, 0.2) is 96.3 Å². The van der Waals surface area contributed by atoms with E-state index in [1.165, 1.54) is 16.2 Å². The van der Waals surface area contributed by atoms with Gasteiger partial charge in [-0.25, -0.2) is 0 Å². The number of aliphatic imine (C=N–C) groups is 1. The van der Waals surface area contributed by atoms with Crippen molar-refractivity contribution in [2.45, 2.75) is 19.9 Å². The van der Waals surface area contributed by atoms with Crippen molar-refractivity contribution in [3.05, 3.63) is 108 Å². The van der Waals surface area contributed by atoms with E-state index in [-0.39, 0.29) is 0 Å². The number of hydrogen-bond acceptors (Lipinski definition) is 6. The Morgan fingerprint density at radius 2 is 1.60 bits per heavy atom. The van der Waals surface area contributed by atoms with Crippen molar-refractivity contribution in [1.82, 2.24) is 14.9 Å². The second-order valence-electron chi connectivity index (χ2n) is 8.91. The Bertz CT molecular complexity index is 1170. The van der Waals surface area contributed by atoms with Crippen LogP contribution in [0.25, 0.3) is 11.1 Å². The summed E-state index contributed by atoms with van der Waals surface area (Å²) in [6.07, 6.45) is 6.24. The summed E-state index contributed by atoms with van der Waals surface area (Å²) in [7, 11) is 0. The van der Waals surface area contributed by atoms with E-state index in [2.05, 4.69) is 70.0 Å². The molecule has 3 N–H and O–H groups in total. The molecule has 6 nitrogen and oxygen atoms in total. The van der Waals surface area contributed by atoms with Crippen molar-refractivity contribution in [2.75, 3.05) is 26.2 Å². The molecule has 1 saturated heterocycles. The summed E-state index contributed by atoms with van der Waals surface area (Å²) in [4.78, 5) is 11.6. The molecule has 0 atom stereocenters. The largest absolute Gasteiger partial charge is 0.399 e. The summed E-state index contributed by atoms with van der Waals surface area (Å²) in [5.74, 6) is 0. The summed E-state index contributed by atoms with van der Waals surface area (Å²) >= 11 is 0. The molecular formula is C29H33N5O. The van der Waals surface area contributed by atoms with E-state index >= 15 is 0 Å². The minimum absolute atomic E-state index is 0.607. The van der Waals surface area contributed by atoms with Crippen molar-refractivity contribution in [3.63, 3.8) is 0 Å². The van der Waals surface area contributed by atoms with Crippen LogP contribution < -0.4 is 5.73 Å². The minimum atomic E-state index is 0.607. The Labute approximate surface area is 207 Å². The van der Waals surface area contributed by atoms with Gasteiger partial charge in [0, 0.05) is 55.9 Å². The molecule has 4 rings (SSSR count). The van der Waals surface area contributed by atoms with Gasteiger partial charge in [-0.05, 0) is 60.4 Å². The molecule has 1 fully saturated rings. The average Bonchev–Trinajstić information content (AvgIpc) is 2.87. The van der Waals surface area contributed by atoms with Gasteiger partial charge in [0.25, 0.3) is 0 Å². The molecule has 0 bridgehead atoms. The fourth-order valence-electron chi connectivity index (χ4n) is 4.09. The highest BCUT2D eigenvalue weighted by atomic mass is 16.5. The van der Waals surface area contributed by atoms with Crippen molar-refractivity contribution in [1.29, 1.82) is 0 Å². The lowest BCUT2D eigenvalue weighted by molar-refractivity contribution is -0.118. The molecule has 0 spiro atoms. The van der Waals surface area contributed by atoms with Crippen LogP contribution >= 0.6 is 0 Å². The number of hydroxylamine groups is 2. The number of piperazine rings is 1. The summed E-state index contributed by atoms with van der Waals surface area (Å²) < 4.78 is 0. The highest BCUT2D eigenvalue weighted by Gasteiger charge is 2.15. The van der Waals surface area contributed by atoms with Gasteiger partial charge in [0.05, 0.1) is 11.4 Å². The van der Waals surface area contributed by atoms with Gasteiger partial charge in [0.1, 0.15) is 0 Å². The lowest BCUT2D eigenvalue weighted by atomic mass is 10.0. The first-order valence-electron chi connectivity index (χ1n) is 11.9. The van der Waals surface area contributed by atoms with Gasteiger partial charge < -0.3 is 10.9 Å². The minimum Gasteiger partial charge on any atom is -0.399 e. The predicted molar refractivity (Wildman–Crippen MR) is 143 cm³/mol. The van der Waals surface area contributed by atoms with Crippen LogP contribution in [0.1, 0.15) is 23.7 Å². The molecule has 180 valence electrons. The zero-order valence-electron chi connectivity index (χ0n) is 20.3. The van der Waals surface area contributed by atoms with Crippen LogP contribution in [0.2, 0.25) is 0 Å². The smallest absolute Gasteiger partial charge is 0.0633 e. The van der Waals surface area contributed by atoms with Gasteiger partial charge in [-0.15, -0.1) is 0 Å². The molecule has 1 aliphatic heterocycles. The molecule has 0 radical (unpaired) electrons. The SMILES string of the molecule is C=CC(N)=CC(C)=Nc1ccc(Cc2ccc(-c3ccc(CN4CCN(O)CC4)nc3)cc2)cc1. The van der Waals surface area contributed by atoms with E-state index in [1.54, 1.807) is 6.08 Å². The third kappa shape index (κ3) is 7.20. The fraction of sp³-hybridized carbons (Fsp3) is 0.241. The topological polar surface area (TPSA) is 78.0 Å². The molecule has 0 amide bonds. The summed E-state index contributed by atoms with van der Waals surface area (Å²) in [6, 6.07) is 21.2. The van der Waals surface area contributed by atoms with Crippen molar-refractivity contribution < 1.29 is 5.21 Å². The quantitative estimate of drug-likeness (QED) is 0.361. The average molecular weight is 468 g/mol. The molecule has 1 aromatic heterocycles. The van der Waals surface area contributed by atoms with Crippen LogP contribution in [0.5, 0.6) is 0 Å². The van der Waals surface area contributed by atoms with Crippen molar-refractivity contribution in [3.8, 4) is 11.1 Å². The van der Waals surface area contributed by atoms with Crippen LogP contribution in [0.4, 0.5) is 5.69 Å². The molecule has 6 heteroatoms. The van der Waals surface area contributed by atoms with Crippen molar-refractivity contribution in [2.24, 2.45) is 10.7 Å². The van der Waals surface area contributed by atoms with Gasteiger partial charge >= 0.3 is 0 Å². The number of pyridine rings is 1. The summed E-state index contributed by atoms with van der Waals surface area (Å²) in [5, 5.41) is 10.9. The molecule has 2 aromatic carbocycles. The maximum absolute atomic E-state index is 9.51. The number of hydrogen-bond donors (Lipinski definition) is 2. The van der Waals surface area contributed by atoms with Crippen LogP contribution in [0.3, 0.4) is 0 Å². The molecule has 0 unspecified atom stereocenters. The Hall–Kier alpha value is -3.58. The van der Waals surface area contributed by atoms with E-state index in [1.807, 2.05) is 31.3 Å². The maximum Gasteiger partial charge on any atom is 0.0633 e. The summed E-state index contributed by atoms with van der Waals surface area (Å²) in [6.45, 7) is 9.49. The molecule has 0 saturated carbocycles. The molecule has 1 aliphatic rings.